The third-order valence-electron chi connectivity index (χ3n) is 4.77. The fourth-order valence-corrected chi connectivity index (χ4v) is 3.48. The molecule has 0 aliphatic carbocycles. The number of halogens is 1. The van der Waals surface area contributed by atoms with Gasteiger partial charge in [-0.15, -0.1) is 0 Å². The lowest BCUT2D eigenvalue weighted by atomic mass is 10.2. The molecule has 1 aliphatic heterocycles. The normalized spacial score (nSPS) is 17.3. The monoisotopic (exact) mass is 348 g/mol. The van der Waals surface area contributed by atoms with Gasteiger partial charge in [-0.2, -0.15) is 0 Å². The molecule has 6 heteroatoms. The van der Waals surface area contributed by atoms with Crippen molar-refractivity contribution in [3.63, 3.8) is 0 Å². The van der Waals surface area contributed by atoms with Crippen LogP contribution < -0.4 is 0 Å². The van der Waals surface area contributed by atoms with Crippen LogP contribution in [0.4, 0.5) is 4.39 Å². The predicted octanol–water partition coefficient (Wildman–Crippen LogP) is 3.96. The molecule has 0 unspecified atom stereocenters. The van der Waals surface area contributed by atoms with E-state index < -0.39 is 0 Å². The van der Waals surface area contributed by atoms with Crippen LogP contribution >= 0.6 is 0 Å². The van der Waals surface area contributed by atoms with Crippen molar-refractivity contribution >= 4 is 22.3 Å². The Bertz CT molecular complexity index is 1080. The molecule has 0 amide bonds. The molecule has 0 spiro atoms. The van der Waals surface area contributed by atoms with Gasteiger partial charge in [-0.3, -0.25) is 0 Å². The van der Waals surface area contributed by atoms with Crippen LogP contribution in [0.1, 0.15) is 12.8 Å². The first-order valence-corrected chi connectivity index (χ1v) is 8.78. The quantitative estimate of drug-likeness (QED) is 0.562. The molecule has 5 rings (SSSR count). The molecule has 2 aromatic carbocycles. The fraction of sp³-hybridized carbons (Fsp3) is 0.250. The van der Waals surface area contributed by atoms with Gasteiger partial charge in [-0.05, 0) is 49.2 Å². The fourth-order valence-electron chi connectivity index (χ4n) is 3.48. The average Bonchev–Trinajstić information content (AvgIpc) is 3.29. The van der Waals surface area contributed by atoms with Crippen molar-refractivity contribution in [2.45, 2.75) is 25.5 Å². The molecule has 4 aromatic rings. The summed E-state index contributed by atoms with van der Waals surface area (Å²) in [7, 11) is 0. The van der Waals surface area contributed by atoms with E-state index in [1.165, 1.54) is 12.1 Å². The van der Waals surface area contributed by atoms with E-state index in [0.717, 1.165) is 47.5 Å². The molecule has 1 aliphatic rings. The maximum atomic E-state index is 13.4. The van der Waals surface area contributed by atoms with Crippen LogP contribution in [0.25, 0.3) is 33.7 Å². The van der Waals surface area contributed by atoms with E-state index in [0.29, 0.717) is 12.2 Å². The van der Waals surface area contributed by atoms with Gasteiger partial charge in [0.2, 0.25) is 0 Å². The van der Waals surface area contributed by atoms with Gasteiger partial charge in [0.15, 0.2) is 11.3 Å². The van der Waals surface area contributed by atoms with E-state index in [1.54, 1.807) is 12.1 Å². The lowest BCUT2D eigenvalue weighted by Gasteiger charge is -2.13. The zero-order valence-electron chi connectivity index (χ0n) is 14.1. The van der Waals surface area contributed by atoms with E-state index in [2.05, 4.69) is 9.55 Å². The van der Waals surface area contributed by atoms with Crippen molar-refractivity contribution in [2.75, 3.05) is 6.61 Å². The smallest absolute Gasteiger partial charge is 0.198 e. The van der Waals surface area contributed by atoms with Crippen molar-refractivity contribution < 1.29 is 9.13 Å². The third-order valence-corrected chi connectivity index (χ3v) is 4.77. The number of benzene rings is 2. The Morgan fingerprint density at radius 1 is 1.00 bits per heavy atom. The van der Waals surface area contributed by atoms with Crippen molar-refractivity contribution in [2.24, 2.45) is 0 Å². The van der Waals surface area contributed by atoms with Gasteiger partial charge in [-0.1, -0.05) is 12.1 Å². The second-order valence-corrected chi connectivity index (χ2v) is 6.55. The minimum atomic E-state index is -0.266. The third kappa shape index (κ3) is 2.63. The summed E-state index contributed by atoms with van der Waals surface area (Å²) in [6, 6.07) is 14.1. The molecule has 1 saturated heterocycles. The number of nitrogens with zero attached hydrogens (tertiary/aromatic N) is 4. The number of ether oxygens (including phenoxy) is 1. The number of fused-ring (bicyclic) bond motifs is 2. The van der Waals surface area contributed by atoms with Crippen molar-refractivity contribution in [1.29, 1.82) is 0 Å². The SMILES string of the molecule is Fc1ccc(-c2nc3nc4ccccc4nc3n2C[C@H]2CCCO2)cc1. The zero-order valence-corrected chi connectivity index (χ0v) is 14.1. The lowest BCUT2D eigenvalue weighted by molar-refractivity contribution is 0.0981. The summed E-state index contributed by atoms with van der Waals surface area (Å²) in [4.78, 5) is 14.2. The molecule has 130 valence electrons. The van der Waals surface area contributed by atoms with Crippen molar-refractivity contribution in [3.8, 4) is 11.4 Å². The first-order chi connectivity index (χ1) is 12.8. The highest BCUT2D eigenvalue weighted by atomic mass is 19.1. The molecular weight excluding hydrogens is 331 g/mol. The molecule has 5 nitrogen and oxygen atoms in total. The highest BCUT2D eigenvalue weighted by molar-refractivity contribution is 5.84. The standard InChI is InChI=1S/C20H17FN4O/c21-14-9-7-13(8-10-14)19-24-18-20(25(19)12-15-4-3-11-26-15)23-17-6-2-1-5-16(17)22-18/h1-2,5-10,15H,3-4,11-12H2/t15-/m1/s1. The topological polar surface area (TPSA) is 52.8 Å². The molecule has 0 radical (unpaired) electrons. The second kappa shape index (κ2) is 6.14. The number of imidazole rings is 1. The van der Waals surface area contributed by atoms with Gasteiger partial charge in [-0.25, -0.2) is 19.3 Å². The highest BCUT2D eigenvalue weighted by Gasteiger charge is 2.22. The Hall–Kier alpha value is -2.86. The number of aromatic nitrogens is 4. The van der Waals surface area contributed by atoms with Crippen LogP contribution in [-0.4, -0.2) is 32.2 Å². The molecule has 0 bridgehead atoms. The molecule has 0 saturated carbocycles. The van der Waals surface area contributed by atoms with Crippen LogP contribution in [0.15, 0.2) is 48.5 Å². The molecule has 2 aromatic heterocycles. The average molecular weight is 348 g/mol. The lowest BCUT2D eigenvalue weighted by Crippen LogP contribution is -2.16. The Kier molecular flexibility index (Phi) is 3.64. The van der Waals surface area contributed by atoms with Gasteiger partial charge in [0.25, 0.3) is 0 Å². The van der Waals surface area contributed by atoms with Gasteiger partial charge >= 0.3 is 0 Å². The molecule has 0 N–H and O–H groups in total. The Morgan fingerprint density at radius 3 is 2.50 bits per heavy atom. The van der Waals surface area contributed by atoms with Crippen molar-refractivity contribution in [1.82, 2.24) is 19.5 Å². The maximum Gasteiger partial charge on any atom is 0.198 e. The predicted molar refractivity (Wildman–Crippen MR) is 97.2 cm³/mol. The largest absolute Gasteiger partial charge is 0.376 e. The van der Waals surface area contributed by atoms with Gasteiger partial charge in [0.05, 0.1) is 23.7 Å². The van der Waals surface area contributed by atoms with E-state index in [9.17, 15) is 4.39 Å². The van der Waals surface area contributed by atoms with Crippen molar-refractivity contribution in [3.05, 3.63) is 54.3 Å². The zero-order chi connectivity index (χ0) is 17.5. The van der Waals surface area contributed by atoms with E-state index in [-0.39, 0.29) is 11.9 Å². The summed E-state index contributed by atoms with van der Waals surface area (Å²) in [6.45, 7) is 1.45. The number of rotatable bonds is 3. The van der Waals surface area contributed by atoms with E-state index in [1.807, 2.05) is 24.3 Å². The molecule has 1 atom stereocenters. The first kappa shape index (κ1) is 15.4. The first-order valence-electron chi connectivity index (χ1n) is 8.78. The van der Waals surface area contributed by atoms with Gasteiger partial charge < -0.3 is 9.30 Å². The van der Waals surface area contributed by atoms with Crippen LogP contribution in [0.3, 0.4) is 0 Å². The Labute approximate surface area is 149 Å². The summed E-state index contributed by atoms with van der Waals surface area (Å²) < 4.78 is 21.2. The summed E-state index contributed by atoms with van der Waals surface area (Å²) in [5.74, 6) is 0.475. The molecule has 26 heavy (non-hydrogen) atoms. The Balaban J connectivity index is 1.72. The summed E-state index contributed by atoms with van der Waals surface area (Å²) in [5.41, 5.74) is 3.82. The number of para-hydroxylation sites is 2. The number of hydrogen-bond donors (Lipinski definition) is 0. The molecular formula is C20H17FN4O. The van der Waals surface area contributed by atoms with Gasteiger partial charge in [0.1, 0.15) is 11.6 Å². The molecule has 3 heterocycles. The second-order valence-electron chi connectivity index (χ2n) is 6.55. The van der Waals surface area contributed by atoms with Gasteiger partial charge in [0, 0.05) is 12.2 Å². The van der Waals surface area contributed by atoms with Crippen LogP contribution in [0, 0.1) is 5.82 Å². The molecule has 1 fully saturated rings. The Morgan fingerprint density at radius 2 is 1.77 bits per heavy atom. The minimum Gasteiger partial charge on any atom is -0.376 e. The van der Waals surface area contributed by atoms with Crippen LogP contribution in [0.5, 0.6) is 0 Å². The van der Waals surface area contributed by atoms with Crippen LogP contribution in [-0.2, 0) is 11.3 Å². The van der Waals surface area contributed by atoms with Crippen LogP contribution in [0.2, 0.25) is 0 Å². The van der Waals surface area contributed by atoms with E-state index >= 15 is 0 Å². The number of hydrogen-bond acceptors (Lipinski definition) is 4. The minimum absolute atomic E-state index is 0.139. The maximum absolute atomic E-state index is 13.4. The summed E-state index contributed by atoms with van der Waals surface area (Å²) >= 11 is 0. The summed E-state index contributed by atoms with van der Waals surface area (Å²) in [6.07, 6.45) is 2.22. The van der Waals surface area contributed by atoms with E-state index in [4.69, 9.17) is 14.7 Å². The summed E-state index contributed by atoms with van der Waals surface area (Å²) in [5, 5.41) is 0. The highest BCUT2D eigenvalue weighted by Crippen LogP contribution is 2.27.